The monoisotopic (exact) mass is 263 g/mol. The molecule has 20 heavy (non-hydrogen) atoms. The molecule has 0 aliphatic rings. The van der Waals surface area contributed by atoms with E-state index in [2.05, 4.69) is 9.97 Å². The van der Waals surface area contributed by atoms with Gasteiger partial charge in [-0.2, -0.15) is 4.98 Å². The van der Waals surface area contributed by atoms with E-state index < -0.39 is 0 Å². The zero-order valence-electron chi connectivity index (χ0n) is 10.7. The first-order chi connectivity index (χ1) is 9.72. The second-order valence-electron chi connectivity index (χ2n) is 4.48. The number of H-pyrrole nitrogens is 1. The normalized spacial score (nSPS) is 10.4. The molecule has 98 valence electrons. The summed E-state index contributed by atoms with van der Waals surface area (Å²) in [6, 6.07) is 18.8. The lowest BCUT2D eigenvalue weighted by molar-refractivity contribution is 1.09. The highest BCUT2D eigenvalue weighted by Gasteiger charge is 2.05. The molecule has 0 spiro atoms. The second kappa shape index (κ2) is 5.01. The molecule has 0 atom stereocenters. The van der Waals surface area contributed by atoms with Crippen LogP contribution >= 0.6 is 0 Å². The Balaban J connectivity index is 2.15. The Labute approximate surface area is 115 Å². The van der Waals surface area contributed by atoms with Gasteiger partial charge in [0.05, 0.1) is 11.4 Å². The highest BCUT2D eigenvalue weighted by atomic mass is 16.1. The van der Waals surface area contributed by atoms with Crippen LogP contribution in [0.25, 0.3) is 22.5 Å². The summed E-state index contributed by atoms with van der Waals surface area (Å²) in [5, 5.41) is 0. The van der Waals surface area contributed by atoms with E-state index in [-0.39, 0.29) is 5.69 Å². The van der Waals surface area contributed by atoms with E-state index >= 15 is 0 Å². The van der Waals surface area contributed by atoms with E-state index in [1.54, 1.807) is 12.1 Å². The summed E-state index contributed by atoms with van der Waals surface area (Å²) in [6.07, 6.45) is 0. The van der Waals surface area contributed by atoms with Gasteiger partial charge in [-0.3, -0.25) is 0 Å². The Hall–Kier alpha value is -2.88. The van der Waals surface area contributed by atoms with E-state index in [1.807, 2.05) is 48.5 Å². The first-order valence-corrected chi connectivity index (χ1v) is 6.25. The van der Waals surface area contributed by atoms with E-state index in [1.165, 1.54) is 0 Å². The summed E-state index contributed by atoms with van der Waals surface area (Å²) in [4.78, 5) is 18.5. The summed E-state index contributed by atoms with van der Waals surface area (Å²) in [6.45, 7) is 0. The number of benzene rings is 2. The third-order valence-corrected chi connectivity index (χ3v) is 3.01. The molecule has 0 aliphatic carbocycles. The zero-order valence-corrected chi connectivity index (χ0v) is 10.7. The largest absolute Gasteiger partial charge is 0.399 e. The summed E-state index contributed by atoms with van der Waals surface area (Å²) >= 11 is 0. The molecule has 1 aromatic heterocycles. The molecular formula is C16H13N3O. The van der Waals surface area contributed by atoms with Crippen LogP contribution in [0, 0.1) is 0 Å². The van der Waals surface area contributed by atoms with Gasteiger partial charge < -0.3 is 10.7 Å². The van der Waals surface area contributed by atoms with Crippen LogP contribution in [0.3, 0.4) is 0 Å². The second-order valence-corrected chi connectivity index (χ2v) is 4.48. The number of hydrogen-bond acceptors (Lipinski definition) is 3. The van der Waals surface area contributed by atoms with Gasteiger partial charge in [0.1, 0.15) is 0 Å². The van der Waals surface area contributed by atoms with Crippen molar-refractivity contribution in [2.45, 2.75) is 0 Å². The number of rotatable bonds is 2. The van der Waals surface area contributed by atoms with Gasteiger partial charge in [-0.25, -0.2) is 4.79 Å². The van der Waals surface area contributed by atoms with Crippen molar-refractivity contribution in [1.82, 2.24) is 9.97 Å². The lowest BCUT2D eigenvalue weighted by Gasteiger charge is -2.05. The predicted octanol–water partition coefficient (Wildman–Crippen LogP) is 2.69. The van der Waals surface area contributed by atoms with Crippen LogP contribution in [0.4, 0.5) is 5.69 Å². The van der Waals surface area contributed by atoms with Gasteiger partial charge in [-0.15, -0.1) is 0 Å². The smallest absolute Gasteiger partial charge is 0.345 e. The Morgan fingerprint density at radius 1 is 0.900 bits per heavy atom. The van der Waals surface area contributed by atoms with Crippen LogP contribution in [0.1, 0.15) is 0 Å². The summed E-state index contributed by atoms with van der Waals surface area (Å²) in [5.41, 5.74) is 9.16. The third-order valence-electron chi connectivity index (χ3n) is 3.01. The number of aromatic nitrogens is 2. The molecule has 4 nitrogen and oxygen atoms in total. The first kappa shape index (κ1) is 12.2. The number of nitrogens with two attached hydrogens (primary N) is 1. The van der Waals surface area contributed by atoms with Gasteiger partial charge in [0.15, 0.2) is 0 Å². The lowest BCUT2D eigenvalue weighted by atomic mass is 10.1. The van der Waals surface area contributed by atoms with Gasteiger partial charge in [0.2, 0.25) is 0 Å². The van der Waals surface area contributed by atoms with Crippen molar-refractivity contribution in [2.24, 2.45) is 0 Å². The molecule has 0 saturated heterocycles. The van der Waals surface area contributed by atoms with Crippen molar-refractivity contribution in [2.75, 3.05) is 5.73 Å². The van der Waals surface area contributed by atoms with Crippen LogP contribution in [-0.4, -0.2) is 9.97 Å². The van der Waals surface area contributed by atoms with Gasteiger partial charge >= 0.3 is 5.69 Å². The molecule has 3 N–H and O–H groups in total. The molecule has 2 aromatic carbocycles. The zero-order chi connectivity index (χ0) is 13.9. The van der Waals surface area contributed by atoms with E-state index in [4.69, 9.17) is 5.73 Å². The quantitative estimate of drug-likeness (QED) is 0.698. The van der Waals surface area contributed by atoms with E-state index in [9.17, 15) is 4.79 Å². The molecule has 1 heterocycles. The number of anilines is 1. The fraction of sp³-hybridized carbons (Fsp3) is 0. The molecule has 0 amide bonds. The molecular weight excluding hydrogens is 250 g/mol. The number of nitrogen functional groups attached to an aromatic ring is 1. The maximum atomic E-state index is 11.7. The van der Waals surface area contributed by atoms with Gasteiger partial charge in [-0.1, -0.05) is 42.5 Å². The van der Waals surface area contributed by atoms with Crippen molar-refractivity contribution in [3.63, 3.8) is 0 Å². The molecule has 3 rings (SSSR count). The van der Waals surface area contributed by atoms with Gasteiger partial charge in [0.25, 0.3) is 0 Å². The Morgan fingerprint density at radius 2 is 1.65 bits per heavy atom. The summed E-state index contributed by atoms with van der Waals surface area (Å²) in [5.74, 6) is 0. The maximum absolute atomic E-state index is 11.7. The third kappa shape index (κ3) is 2.44. The predicted molar refractivity (Wildman–Crippen MR) is 80.1 cm³/mol. The molecule has 0 bridgehead atoms. The Bertz CT molecular complexity index is 794. The molecule has 4 heteroatoms. The maximum Gasteiger partial charge on any atom is 0.345 e. The minimum atomic E-state index is -0.372. The highest BCUT2D eigenvalue weighted by Crippen LogP contribution is 2.22. The number of nitrogens with one attached hydrogen (secondary N) is 1. The Kier molecular flexibility index (Phi) is 3.05. The molecule has 0 saturated carbocycles. The van der Waals surface area contributed by atoms with Crippen LogP contribution in [0.2, 0.25) is 0 Å². The summed E-state index contributed by atoms with van der Waals surface area (Å²) in [7, 11) is 0. The summed E-state index contributed by atoms with van der Waals surface area (Å²) < 4.78 is 0. The van der Waals surface area contributed by atoms with Crippen molar-refractivity contribution in [1.29, 1.82) is 0 Å². The topological polar surface area (TPSA) is 71.8 Å². The molecule has 0 fully saturated rings. The number of aromatic amines is 1. The van der Waals surface area contributed by atoms with Crippen molar-refractivity contribution < 1.29 is 0 Å². The molecule has 3 aromatic rings. The van der Waals surface area contributed by atoms with Gasteiger partial charge in [0, 0.05) is 11.3 Å². The standard InChI is InChI=1S/C16H13N3O/c17-13-8-4-7-12(9-13)15-10-14(18-16(20)19-15)11-5-2-1-3-6-11/h1-10H,17H2,(H,18,19,20). The lowest BCUT2D eigenvalue weighted by Crippen LogP contribution is -2.11. The Morgan fingerprint density at radius 3 is 2.40 bits per heavy atom. The minimum absolute atomic E-state index is 0.372. The van der Waals surface area contributed by atoms with Crippen molar-refractivity contribution in [3.8, 4) is 22.5 Å². The average Bonchev–Trinajstić information content (AvgIpc) is 2.47. The first-order valence-electron chi connectivity index (χ1n) is 6.25. The fourth-order valence-electron chi connectivity index (χ4n) is 2.08. The average molecular weight is 263 g/mol. The van der Waals surface area contributed by atoms with Crippen LogP contribution in [0.5, 0.6) is 0 Å². The van der Waals surface area contributed by atoms with Crippen molar-refractivity contribution in [3.05, 3.63) is 71.1 Å². The fourth-order valence-corrected chi connectivity index (χ4v) is 2.08. The van der Waals surface area contributed by atoms with Crippen LogP contribution in [-0.2, 0) is 0 Å². The minimum Gasteiger partial charge on any atom is -0.399 e. The van der Waals surface area contributed by atoms with Gasteiger partial charge in [-0.05, 0) is 23.8 Å². The number of hydrogen-bond donors (Lipinski definition) is 2. The SMILES string of the molecule is Nc1cccc(-c2cc(-c3ccccc3)[nH]c(=O)n2)c1. The van der Waals surface area contributed by atoms with Crippen molar-refractivity contribution >= 4 is 5.69 Å². The molecule has 0 aliphatic heterocycles. The van der Waals surface area contributed by atoms with Crippen LogP contribution < -0.4 is 11.4 Å². The van der Waals surface area contributed by atoms with Crippen LogP contribution in [0.15, 0.2) is 65.5 Å². The highest BCUT2D eigenvalue weighted by molar-refractivity contribution is 5.69. The van der Waals surface area contributed by atoms with E-state index in [0.717, 1.165) is 16.8 Å². The molecule has 0 unspecified atom stereocenters. The molecule has 0 radical (unpaired) electrons. The number of nitrogens with zero attached hydrogens (tertiary/aromatic N) is 1. The van der Waals surface area contributed by atoms with E-state index in [0.29, 0.717) is 11.4 Å².